The van der Waals surface area contributed by atoms with Gasteiger partial charge >= 0.3 is 5.97 Å². The zero-order valence-corrected chi connectivity index (χ0v) is 10.6. The molecule has 1 saturated carbocycles. The normalized spacial score (nSPS) is 27.8. The lowest BCUT2D eigenvalue weighted by Crippen LogP contribution is -2.29. The first-order valence-electron chi connectivity index (χ1n) is 6.06. The van der Waals surface area contributed by atoms with Gasteiger partial charge in [-0.2, -0.15) is 0 Å². The summed E-state index contributed by atoms with van der Waals surface area (Å²) in [5.41, 5.74) is 0. The first-order valence-corrected chi connectivity index (χ1v) is 6.06. The van der Waals surface area contributed by atoms with Gasteiger partial charge in [-0.1, -0.05) is 13.5 Å². The van der Waals surface area contributed by atoms with Crippen molar-refractivity contribution in [2.45, 2.75) is 26.2 Å². The molecule has 1 amide bonds. The minimum atomic E-state index is -0.697. The standard InChI is InChI=1S/C13H21NO3/c1-4-12(15)14(3)6-5-10-7-9(2)8-11(10)13(16)17/h4,9-11H,1,5-8H2,2-3H3,(H,16,17). The molecule has 3 atom stereocenters. The van der Waals surface area contributed by atoms with Crippen LogP contribution in [0.15, 0.2) is 12.7 Å². The van der Waals surface area contributed by atoms with Crippen molar-refractivity contribution in [3.8, 4) is 0 Å². The fourth-order valence-electron chi connectivity index (χ4n) is 2.65. The molecule has 0 aromatic rings. The van der Waals surface area contributed by atoms with E-state index in [0.717, 1.165) is 19.3 Å². The van der Waals surface area contributed by atoms with Crippen LogP contribution in [0.2, 0.25) is 0 Å². The van der Waals surface area contributed by atoms with Gasteiger partial charge in [0.2, 0.25) is 5.91 Å². The molecular formula is C13H21NO3. The molecule has 4 nitrogen and oxygen atoms in total. The monoisotopic (exact) mass is 239 g/mol. The number of likely N-dealkylation sites (N-methyl/N-ethyl adjacent to an activating group) is 1. The average Bonchev–Trinajstić information content (AvgIpc) is 2.66. The van der Waals surface area contributed by atoms with Crippen LogP contribution in [0.1, 0.15) is 26.2 Å². The molecule has 0 saturated heterocycles. The van der Waals surface area contributed by atoms with E-state index in [9.17, 15) is 9.59 Å². The second kappa shape index (κ2) is 5.84. The Morgan fingerprint density at radius 3 is 2.65 bits per heavy atom. The molecule has 4 heteroatoms. The number of hydrogen-bond donors (Lipinski definition) is 1. The van der Waals surface area contributed by atoms with E-state index in [1.807, 2.05) is 0 Å². The molecule has 3 unspecified atom stereocenters. The number of rotatable bonds is 5. The maximum atomic E-state index is 11.3. The predicted molar refractivity (Wildman–Crippen MR) is 65.5 cm³/mol. The lowest BCUT2D eigenvalue weighted by molar-refractivity contribution is -0.143. The second-order valence-corrected chi connectivity index (χ2v) is 5.03. The van der Waals surface area contributed by atoms with Gasteiger partial charge in [0.05, 0.1) is 5.92 Å². The highest BCUT2D eigenvalue weighted by atomic mass is 16.4. The fourth-order valence-corrected chi connectivity index (χ4v) is 2.65. The van der Waals surface area contributed by atoms with Crippen LogP contribution in [-0.4, -0.2) is 35.5 Å². The summed E-state index contributed by atoms with van der Waals surface area (Å²) in [7, 11) is 1.72. The zero-order chi connectivity index (χ0) is 13.0. The van der Waals surface area contributed by atoms with Crippen LogP contribution in [0.5, 0.6) is 0 Å². The number of carboxylic acids is 1. The van der Waals surface area contributed by atoms with Crippen LogP contribution in [0.25, 0.3) is 0 Å². The minimum Gasteiger partial charge on any atom is -0.481 e. The third-order valence-corrected chi connectivity index (χ3v) is 3.63. The largest absolute Gasteiger partial charge is 0.481 e. The highest BCUT2D eigenvalue weighted by Crippen LogP contribution is 2.38. The van der Waals surface area contributed by atoms with Gasteiger partial charge in [-0.3, -0.25) is 9.59 Å². The Kier molecular flexibility index (Phi) is 4.73. The maximum absolute atomic E-state index is 11.3. The molecule has 0 bridgehead atoms. The van der Waals surface area contributed by atoms with Gasteiger partial charge in [0, 0.05) is 13.6 Å². The lowest BCUT2D eigenvalue weighted by atomic mass is 9.93. The third-order valence-electron chi connectivity index (χ3n) is 3.63. The SMILES string of the molecule is C=CC(=O)N(C)CCC1CC(C)CC1C(=O)O. The summed E-state index contributed by atoms with van der Waals surface area (Å²) in [6, 6.07) is 0. The van der Waals surface area contributed by atoms with E-state index in [1.54, 1.807) is 11.9 Å². The van der Waals surface area contributed by atoms with E-state index in [1.165, 1.54) is 6.08 Å². The summed E-state index contributed by atoms with van der Waals surface area (Å²) in [6.07, 6.45) is 3.76. The summed E-state index contributed by atoms with van der Waals surface area (Å²) in [5, 5.41) is 9.13. The van der Waals surface area contributed by atoms with E-state index in [4.69, 9.17) is 5.11 Å². The van der Waals surface area contributed by atoms with Crippen LogP contribution in [-0.2, 0) is 9.59 Å². The lowest BCUT2D eigenvalue weighted by Gasteiger charge is -2.20. The van der Waals surface area contributed by atoms with Crippen LogP contribution in [0.3, 0.4) is 0 Å². The van der Waals surface area contributed by atoms with Gasteiger partial charge in [-0.05, 0) is 37.2 Å². The highest BCUT2D eigenvalue weighted by molar-refractivity contribution is 5.86. The number of hydrogen-bond acceptors (Lipinski definition) is 2. The van der Waals surface area contributed by atoms with Crippen molar-refractivity contribution >= 4 is 11.9 Å². The molecular weight excluding hydrogens is 218 g/mol. The van der Waals surface area contributed by atoms with E-state index in [0.29, 0.717) is 12.5 Å². The van der Waals surface area contributed by atoms with Gasteiger partial charge in [0.15, 0.2) is 0 Å². The van der Waals surface area contributed by atoms with Gasteiger partial charge in [-0.15, -0.1) is 0 Å². The molecule has 1 N–H and O–H groups in total. The molecule has 17 heavy (non-hydrogen) atoms. The van der Waals surface area contributed by atoms with Gasteiger partial charge in [-0.25, -0.2) is 0 Å². The van der Waals surface area contributed by atoms with Crippen LogP contribution in [0, 0.1) is 17.8 Å². The number of nitrogens with zero attached hydrogens (tertiary/aromatic N) is 1. The Labute approximate surface area is 102 Å². The van der Waals surface area contributed by atoms with Gasteiger partial charge in [0.1, 0.15) is 0 Å². The van der Waals surface area contributed by atoms with Crippen LogP contribution < -0.4 is 0 Å². The predicted octanol–water partition coefficient (Wildman–Crippen LogP) is 1.77. The maximum Gasteiger partial charge on any atom is 0.306 e. The van der Waals surface area contributed by atoms with Gasteiger partial charge in [0.25, 0.3) is 0 Å². The van der Waals surface area contributed by atoms with Crippen molar-refractivity contribution in [2.75, 3.05) is 13.6 Å². The van der Waals surface area contributed by atoms with E-state index >= 15 is 0 Å². The topological polar surface area (TPSA) is 57.6 Å². The summed E-state index contributed by atoms with van der Waals surface area (Å²) in [5.74, 6) is -0.374. The highest BCUT2D eigenvalue weighted by Gasteiger charge is 2.36. The molecule has 0 heterocycles. The van der Waals surface area contributed by atoms with Crippen molar-refractivity contribution in [3.63, 3.8) is 0 Å². The fraction of sp³-hybridized carbons (Fsp3) is 0.692. The number of carbonyl (C=O) groups is 2. The summed E-state index contributed by atoms with van der Waals surface area (Å²) in [6.45, 7) is 6.13. The Balaban J connectivity index is 2.47. The van der Waals surface area contributed by atoms with E-state index in [-0.39, 0.29) is 17.7 Å². The zero-order valence-electron chi connectivity index (χ0n) is 10.6. The Morgan fingerprint density at radius 1 is 1.47 bits per heavy atom. The summed E-state index contributed by atoms with van der Waals surface area (Å²) in [4.78, 5) is 24.0. The quantitative estimate of drug-likeness (QED) is 0.744. The van der Waals surface area contributed by atoms with E-state index in [2.05, 4.69) is 13.5 Å². The molecule has 0 aromatic heterocycles. The minimum absolute atomic E-state index is 0.108. The molecule has 1 aliphatic carbocycles. The molecule has 1 fully saturated rings. The summed E-state index contributed by atoms with van der Waals surface area (Å²) < 4.78 is 0. The smallest absolute Gasteiger partial charge is 0.306 e. The van der Waals surface area contributed by atoms with Crippen molar-refractivity contribution in [1.82, 2.24) is 4.90 Å². The first-order chi connectivity index (χ1) is 7.95. The third kappa shape index (κ3) is 3.58. The van der Waals surface area contributed by atoms with Crippen LogP contribution >= 0.6 is 0 Å². The number of aliphatic carboxylic acids is 1. The number of carboxylic acid groups (broad SMARTS) is 1. The number of carbonyl (C=O) groups excluding carboxylic acids is 1. The first kappa shape index (κ1) is 13.7. The van der Waals surface area contributed by atoms with Crippen molar-refractivity contribution in [1.29, 1.82) is 0 Å². The van der Waals surface area contributed by atoms with E-state index < -0.39 is 5.97 Å². The molecule has 0 aromatic carbocycles. The molecule has 1 rings (SSSR count). The Morgan fingerprint density at radius 2 is 2.12 bits per heavy atom. The second-order valence-electron chi connectivity index (χ2n) is 5.03. The molecule has 1 aliphatic rings. The van der Waals surface area contributed by atoms with Crippen LogP contribution in [0.4, 0.5) is 0 Å². The number of amides is 1. The van der Waals surface area contributed by atoms with Crippen molar-refractivity contribution in [3.05, 3.63) is 12.7 Å². The average molecular weight is 239 g/mol. The Bertz CT molecular complexity index is 314. The molecule has 0 radical (unpaired) electrons. The molecule has 96 valence electrons. The van der Waals surface area contributed by atoms with Gasteiger partial charge < -0.3 is 10.0 Å². The Hall–Kier alpha value is -1.32. The van der Waals surface area contributed by atoms with Crippen molar-refractivity contribution in [2.24, 2.45) is 17.8 Å². The summed E-state index contributed by atoms with van der Waals surface area (Å²) >= 11 is 0. The van der Waals surface area contributed by atoms with Crippen molar-refractivity contribution < 1.29 is 14.7 Å². The molecule has 0 aliphatic heterocycles. The molecule has 0 spiro atoms.